The zero-order valence-electron chi connectivity index (χ0n) is 10.2. The van der Waals surface area contributed by atoms with Gasteiger partial charge >= 0.3 is 17.4 Å². The second-order valence-corrected chi connectivity index (χ2v) is 4.09. The van der Waals surface area contributed by atoms with Gasteiger partial charge in [0.2, 0.25) is 10.4 Å². The molecule has 0 aliphatic heterocycles. The Morgan fingerprint density at radius 1 is 1.37 bits per heavy atom. The molecule has 0 aliphatic rings. The second kappa shape index (κ2) is 4.92. The van der Waals surface area contributed by atoms with E-state index in [2.05, 4.69) is 10.4 Å². The molecule has 1 aromatic heterocycles. The Labute approximate surface area is 108 Å². The highest BCUT2D eigenvalue weighted by molar-refractivity contribution is 5.68. The lowest BCUT2D eigenvalue weighted by Crippen LogP contribution is -2.47. The van der Waals surface area contributed by atoms with Crippen LogP contribution >= 0.6 is 0 Å². The number of aromatic nitrogens is 3. The van der Waals surface area contributed by atoms with E-state index in [0.717, 1.165) is 10.3 Å². The number of aliphatic carboxylic acids is 1. The van der Waals surface area contributed by atoms with Crippen LogP contribution in [0, 0.1) is 6.92 Å². The fourth-order valence-corrected chi connectivity index (χ4v) is 1.66. The quantitative estimate of drug-likeness (QED) is 0.438. The maximum absolute atomic E-state index is 10.4. The fraction of sp³-hybridized carbons (Fsp3) is 0.273. The van der Waals surface area contributed by atoms with Gasteiger partial charge in [-0.05, 0) is 23.3 Å². The molecule has 1 heterocycles. The number of carboxylic acids is 1. The summed E-state index contributed by atoms with van der Waals surface area (Å²) in [5, 5.41) is 34.6. The van der Waals surface area contributed by atoms with Crippen LogP contribution in [0.1, 0.15) is 12.0 Å². The minimum atomic E-state index is -0.967. The lowest BCUT2D eigenvalue weighted by atomic mass is 10.2. The Balaban J connectivity index is 2.38. The Morgan fingerprint density at radius 2 is 2.11 bits per heavy atom. The molecule has 0 radical (unpaired) electrons. The van der Waals surface area contributed by atoms with Gasteiger partial charge in [0, 0.05) is 6.07 Å². The van der Waals surface area contributed by atoms with Crippen LogP contribution in [0.3, 0.4) is 0 Å². The van der Waals surface area contributed by atoms with Crippen molar-refractivity contribution in [3.63, 3.8) is 0 Å². The number of rotatable bonds is 4. The van der Waals surface area contributed by atoms with Gasteiger partial charge in [-0.2, -0.15) is 0 Å². The fourth-order valence-electron chi connectivity index (χ4n) is 1.66. The molecule has 0 unspecified atom stereocenters. The van der Waals surface area contributed by atoms with Crippen molar-refractivity contribution in [2.45, 2.75) is 13.3 Å². The molecule has 8 nitrogen and oxygen atoms in total. The summed E-state index contributed by atoms with van der Waals surface area (Å²) < 4.78 is 0.767. The summed E-state index contributed by atoms with van der Waals surface area (Å²) in [6, 6.07) is 5.06. The highest BCUT2D eigenvalue weighted by atomic mass is 16.5. The number of hydrogen-bond acceptors (Lipinski definition) is 5. The number of nitrogens with one attached hydrogen (secondary N) is 1. The van der Waals surface area contributed by atoms with E-state index in [1.165, 1.54) is 0 Å². The summed E-state index contributed by atoms with van der Waals surface area (Å²) in [5.41, 5.74) is 1.59. The standard InChI is InChI=1S/C11H12N4O4/c1-7-2-3-8-9(6-7)15(19)13-11(14(8)18)12-5-4-10(16)17/h2-3,6,18H,4-5H2,1H3,(H-,12,13,16,17,19)/p+2. The predicted octanol–water partition coefficient (Wildman–Crippen LogP) is -0.521. The maximum atomic E-state index is 10.4. The van der Waals surface area contributed by atoms with E-state index >= 15 is 0 Å². The Hall–Kier alpha value is -2.64. The predicted molar refractivity (Wildman–Crippen MR) is 62.0 cm³/mol. The molecule has 0 bridgehead atoms. The number of nitrogens with zero attached hydrogens (tertiary/aromatic N) is 3. The number of carboxylic acid groups (broad SMARTS) is 1. The van der Waals surface area contributed by atoms with Crippen LogP contribution in [0.25, 0.3) is 11.0 Å². The van der Waals surface area contributed by atoms with E-state index in [1.54, 1.807) is 18.2 Å². The second-order valence-electron chi connectivity index (χ2n) is 4.09. The first kappa shape index (κ1) is 12.8. The van der Waals surface area contributed by atoms with Gasteiger partial charge in [-0.3, -0.25) is 10.1 Å². The lowest BCUT2D eigenvalue weighted by Gasteiger charge is -1.99. The molecular weight excluding hydrogens is 252 g/mol. The van der Waals surface area contributed by atoms with Gasteiger partial charge in [0.1, 0.15) is 0 Å². The third-order valence-electron chi connectivity index (χ3n) is 2.59. The molecule has 1 aromatic carbocycles. The van der Waals surface area contributed by atoms with Crippen LogP contribution in [0.15, 0.2) is 18.2 Å². The van der Waals surface area contributed by atoms with Crippen molar-refractivity contribution in [3.05, 3.63) is 23.8 Å². The van der Waals surface area contributed by atoms with Crippen molar-refractivity contribution in [3.8, 4) is 0 Å². The van der Waals surface area contributed by atoms with Crippen molar-refractivity contribution >= 4 is 23.0 Å². The molecule has 0 fully saturated rings. The van der Waals surface area contributed by atoms with Gasteiger partial charge in [0.05, 0.1) is 13.0 Å². The van der Waals surface area contributed by atoms with E-state index in [0.29, 0.717) is 15.9 Å². The van der Waals surface area contributed by atoms with Crippen LogP contribution in [0.5, 0.6) is 0 Å². The summed E-state index contributed by atoms with van der Waals surface area (Å²) in [5.74, 6) is -1.01. The van der Waals surface area contributed by atoms with Crippen molar-refractivity contribution < 1.29 is 29.9 Å². The molecule has 4 N–H and O–H groups in total. The average molecular weight is 266 g/mol. The van der Waals surface area contributed by atoms with Crippen LogP contribution in [0.2, 0.25) is 0 Å². The topological polar surface area (TPSA) is 110 Å². The normalized spacial score (nSPS) is 10.6. The lowest BCUT2D eigenvalue weighted by molar-refractivity contribution is -0.950. The molecule has 19 heavy (non-hydrogen) atoms. The van der Waals surface area contributed by atoms with E-state index in [4.69, 9.17) is 5.11 Å². The zero-order chi connectivity index (χ0) is 14.0. The number of aryl methyl sites for hydroxylation is 1. The van der Waals surface area contributed by atoms with Gasteiger partial charge in [0.15, 0.2) is 0 Å². The zero-order valence-corrected chi connectivity index (χ0v) is 10.2. The molecule has 0 aliphatic carbocycles. The van der Waals surface area contributed by atoms with Crippen LogP contribution in [0.4, 0.5) is 5.95 Å². The number of carbonyl (C=O) groups is 1. The molecule has 2 rings (SSSR count). The summed E-state index contributed by atoms with van der Waals surface area (Å²) in [7, 11) is 0. The Bertz CT molecular complexity index is 644. The van der Waals surface area contributed by atoms with Gasteiger partial charge in [-0.15, -0.1) is 0 Å². The highest BCUT2D eigenvalue weighted by Crippen LogP contribution is 2.08. The van der Waals surface area contributed by atoms with Crippen molar-refractivity contribution in [2.24, 2.45) is 0 Å². The van der Waals surface area contributed by atoms with Crippen molar-refractivity contribution in [2.75, 3.05) is 11.9 Å². The summed E-state index contributed by atoms with van der Waals surface area (Å²) in [4.78, 5) is 11.0. The van der Waals surface area contributed by atoms with Gasteiger partial charge in [-0.25, -0.2) is 5.21 Å². The number of fused-ring (bicyclic) bond motifs is 1. The number of hydrogen-bond donors (Lipinski definition) is 4. The molecule has 2 aromatic rings. The molecule has 0 saturated heterocycles. The third kappa shape index (κ3) is 2.62. The average Bonchev–Trinajstić information content (AvgIpc) is 2.35. The van der Waals surface area contributed by atoms with Crippen molar-refractivity contribution in [1.82, 2.24) is 5.10 Å². The van der Waals surface area contributed by atoms with E-state index in [1.807, 2.05) is 6.92 Å². The van der Waals surface area contributed by atoms with Gasteiger partial charge in [0.25, 0.3) is 5.10 Å². The number of anilines is 1. The van der Waals surface area contributed by atoms with Crippen LogP contribution in [-0.2, 0) is 4.79 Å². The van der Waals surface area contributed by atoms with Gasteiger partial charge < -0.3 is 10.3 Å². The first-order valence-electron chi connectivity index (χ1n) is 5.62. The van der Waals surface area contributed by atoms with Crippen molar-refractivity contribution in [1.29, 1.82) is 0 Å². The number of benzene rings is 1. The first-order valence-corrected chi connectivity index (χ1v) is 5.62. The molecule has 100 valence electrons. The maximum Gasteiger partial charge on any atom is 0.500 e. The van der Waals surface area contributed by atoms with Crippen LogP contribution in [-0.4, -0.2) is 33.1 Å². The third-order valence-corrected chi connectivity index (χ3v) is 2.59. The summed E-state index contributed by atoms with van der Waals surface area (Å²) in [6.45, 7) is 1.93. The first-order chi connectivity index (χ1) is 8.99. The molecule has 0 atom stereocenters. The van der Waals surface area contributed by atoms with E-state index < -0.39 is 5.97 Å². The van der Waals surface area contributed by atoms with E-state index in [9.17, 15) is 15.2 Å². The molecule has 0 amide bonds. The summed E-state index contributed by atoms with van der Waals surface area (Å²) in [6.07, 6.45) is -0.126. The van der Waals surface area contributed by atoms with Gasteiger partial charge in [-0.1, -0.05) is 6.07 Å². The Morgan fingerprint density at radius 3 is 2.79 bits per heavy atom. The molecular formula is C11H14N4O4+2. The molecule has 8 heteroatoms. The molecule has 0 saturated carbocycles. The van der Waals surface area contributed by atoms with Crippen LogP contribution < -0.4 is 14.9 Å². The molecule has 0 spiro atoms. The minimum absolute atomic E-state index is 0.0416. The largest absolute Gasteiger partial charge is 0.500 e. The smallest absolute Gasteiger partial charge is 0.481 e. The van der Waals surface area contributed by atoms with E-state index in [-0.39, 0.29) is 18.9 Å². The monoisotopic (exact) mass is 266 g/mol. The summed E-state index contributed by atoms with van der Waals surface area (Å²) >= 11 is 0. The highest BCUT2D eigenvalue weighted by Gasteiger charge is 2.27. The Kier molecular flexibility index (Phi) is 3.32. The minimum Gasteiger partial charge on any atom is -0.481 e. The SMILES string of the molecule is Cc1ccc2c(c1)[n+](O)nc(NCCC(=O)O)[n+]2O.